The van der Waals surface area contributed by atoms with E-state index in [1.165, 1.54) is 25.7 Å². The zero-order valence-electron chi connectivity index (χ0n) is 12.8. The van der Waals surface area contributed by atoms with E-state index in [9.17, 15) is 4.79 Å². The average molecular weight is 270 g/mol. The standard InChI is InChI=1S/C15H30N2O2/c1-4-7-11-17(13-8-9-13)12-14(16-10-5-2)15(18)19-6-3/h13-14,16H,4-12H2,1-3H3. The highest BCUT2D eigenvalue weighted by Crippen LogP contribution is 2.27. The van der Waals surface area contributed by atoms with E-state index >= 15 is 0 Å². The predicted octanol–water partition coefficient (Wildman–Crippen LogP) is 2.18. The van der Waals surface area contributed by atoms with Crippen molar-refractivity contribution in [1.82, 2.24) is 10.2 Å². The Hall–Kier alpha value is -0.610. The zero-order chi connectivity index (χ0) is 14.1. The van der Waals surface area contributed by atoms with Crippen molar-refractivity contribution >= 4 is 5.97 Å². The molecule has 4 heteroatoms. The number of esters is 1. The van der Waals surface area contributed by atoms with Crippen LogP contribution in [-0.2, 0) is 9.53 Å². The molecule has 0 amide bonds. The third kappa shape index (κ3) is 6.39. The summed E-state index contributed by atoms with van der Waals surface area (Å²) in [7, 11) is 0. The number of ether oxygens (including phenoxy) is 1. The SMILES string of the molecule is CCCCN(CC(NCCC)C(=O)OCC)C1CC1. The van der Waals surface area contributed by atoms with Crippen LogP contribution >= 0.6 is 0 Å². The van der Waals surface area contributed by atoms with Crippen molar-refractivity contribution < 1.29 is 9.53 Å². The van der Waals surface area contributed by atoms with E-state index < -0.39 is 0 Å². The first-order chi connectivity index (χ1) is 9.22. The van der Waals surface area contributed by atoms with Gasteiger partial charge < -0.3 is 10.1 Å². The number of nitrogens with one attached hydrogen (secondary N) is 1. The van der Waals surface area contributed by atoms with Crippen LogP contribution in [0.5, 0.6) is 0 Å². The van der Waals surface area contributed by atoms with Gasteiger partial charge in [0.15, 0.2) is 0 Å². The molecule has 0 aliphatic heterocycles. The normalized spacial score (nSPS) is 16.6. The van der Waals surface area contributed by atoms with Gasteiger partial charge in [-0.25, -0.2) is 0 Å². The minimum atomic E-state index is -0.169. The van der Waals surface area contributed by atoms with Gasteiger partial charge >= 0.3 is 5.97 Å². The van der Waals surface area contributed by atoms with Gasteiger partial charge in [0.2, 0.25) is 0 Å². The van der Waals surface area contributed by atoms with E-state index in [4.69, 9.17) is 4.74 Å². The lowest BCUT2D eigenvalue weighted by Crippen LogP contribution is -2.48. The molecule has 0 saturated heterocycles. The predicted molar refractivity (Wildman–Crippen MR) is 78.2 cm³/mol. The van der Waals surface area contributed by atoms with E-state index in [-0.39, 0.29) is 12.0 Å². The summed E-state index contributed by atoms with van der Waals surface area (Å²) in [5.41, 5.74) is 0. The van der Waals surface area contributed by atoms with Crippen LogP contribution in [0.4, 0.5) is 0 Å². The lowest BCUT2D eigenvalue weighted by atomic mass is 10.2. The molecule has 1 saturated carbocycles. The molecule has 1 fully saturated rings. The van der Waals surface area contributed by atoms with E-state index in [1.54, 1.807) is 0 Å². The smallest absolute Gasteiger partial charge is 0.324 e. The molecule has 112 valence electrons. The van der Waals surface area contributed by atoms with Gasteiger partial charge in [-0.15, -0.1) is 0 Å². The fourth-order valence-corrected chi connectivity index (χ4v) is 2.24. The van der Waals surface area contributed by atoms with E-state index in [0.29, 0.717) is 12.6 Å². The van der Waals surface area contributed by atoms with E-state index in [2.05, 4.69) is 24.1 Å². The van der Waals surface area contributed by atoms with Crippen molar-refractivity contribution in [3.8, 4) is 0 Å². The Balaban J connectivity index is 2.48. The lowest BCUT2D eigenvalue weighted by Gasteiger charge is -2.27. The number of rotatable bonds is 11. The van der Waals surface area contributed by atoms with Gasteiger partial charge in [-0.2, -0.15) is 0 Å². The molecule has 0 radical (unpaired) electrons. The molecule has 1 atom stereocenters. The van der Waals surface area contributed by atoms with Gasteiger partial charge in [-0.3, -0.25) is 9.69 Å². The summed E-state index contributed by atoms with van der Waals surface area (Å²) in [6.45, 7) is 9.42. The molecule has 0 spiro atoms. The molecule has 19 heavy (non-hydrogen) atoms. The number of nitrogens with zero attached hydrogens (tertiary/aromatic N) is 1. The fourth-order valence-electron chi connectivity index (χ4n) is 2.24. The van der Waals surface area contributed by atoms with Crippen molar-refractivity contribution in [3.63, 3.8) is 0 Å². The molecule has 1 N–H and O–H groups in total. The molecule has 0 aromatic heterocycles. The van der Waals surface area contributed by atoms with Crippen molar-refractivity contribution in [2.75, 3.05) is 26.2 Å². The summed E-state index contributed by atoms with van der Waals surface area (Å²) >= 11 is 0. The maximum atomic E-state index is 12.0. The van der Waals surface area contributed by atoms with E-state index in [1.807, 2.05) is 6.92 Å². The fraction of sp³-hybridized carbons (Fsp3) is 0.933. The van der Waals surface area contributed by atoms with Crippen LogP contribution in [0, 0.1) is 0 Å². The monoisotopic (exact) mass is 270 g/mol. The van der Waals surface area contributed by atoms with Gasteiger partial charge in [0, 0.05) is 12.6 Å². The van der Waals surface area contributed by atoms with Crippen molar-refractivity contribution in [3.05, 3.63) is 0 Å². The molecule has 4 nitrogen and oxygen atoms in total. The topological polar surface area (TPSA) is 41.6 Å². The average Bonchev–Trinajstić information content (AvgIpc) is 3.22. The largest absolute Gasteiger partial charge is 0.465 e. The first-order valence-corrected chi connectivity index (χ1v) is 7.86. The summed E-state index contributed by atoms with van der Waals surface area (Å²) in [5.74, 6) is -0.0990. The van der Waals surface area contributed by atoms with Gasteiger partial charge in [-0.05, 0) is 45.7 Å². The molecule has 1 aliphatic rings. The van der Waals surface area contributed by atoms with E-state index in [0.717, 1.165) is 26.1 Å². The molecular formula is C15H30N2O2. The lowest BCUT2D eigenvalue weighted by molar-refractivity contribution is -0.146. The maximum absolute atomic E-state index is 12.0. The first kappa shape index (κ1) is 16.4. The molecule has 0 heterocycles. The summed E-state index contributed by atoms with van der Waals surface area (Å²) in [6.07, 6.45) is 6.02. The van der Waals surface area contributed by atoms with Crippen LogP contribution in [-0.4, -0.2) is 49.2 Å². The van der Waals surface area contributed by atoms with Crippen molar-refractivity contribution in [1.29, 1.82) is 0 Å². The molecule has 1 aliphatic carbocycles. The molecule has 1 unspecified atom stereocenters. The highest BCUT2D eigenvalue weighted by Gasteiger charge is 2.32. The Morgan fingerprint density at radius 2 is 2.05 bits per heavy atom. The Bertz CT molecular complexity index is 255. The molecule has 0 aromatic rings. The van der Waals surface area contributed by atoms with Crippen LogP contribution < -0.4 is 5.32 Å². The Labute approximate surface area is 117 Å². The second-order valence-corrected chi connectivity index (χ2v) is 5.34. The second kappa shape index (κ2) is 9.32. The van der Waals surface area contributed by atoms with Gasteiger partial charge in [0.1, 0.15) is 6.04 Å². The molecular weight excluding hydrogens is 240 g/mol. The first-order valence-electron chi connectivity index (χ1n) is 7.86. The Morgan fingerprint density at radius 1 is 1.32 bits per heavy atom. The number of unbranched alkanes of at least 4 members (excludes halogenated alkanes) is 1. The summed E-state index contributed by atoms with van der Waals surface area (Å²) < 4.78 is 5.18. The second-order valence-electron chi connectivity index (χ2n) is 5.34. The minimum absolute atomic E-state index is 0.0990. The summed E-state index contributed by atoms with van der Waals surface area (Å²) in [5, 5.41) is 3.33. The van der Waals surface area contributed by atoms with Crippen LogP contribution in [0.1, 0.15) is 52.9 Å². The van der Waals surface area contributed by atoms with Crippen molar-refractivity contribution in [2.24, 2.45) is 0 Å². The van der Waals surface area contributed by atoms with Crippen LogP contribution in [0.2, 0.25) is 0 Å². The van der Waals surface area contributed by atoms with Crippen molar-refractivity contribution in [2.45, 2.75) is 65.0 Å². The Kier molecular flexibility index (Phi) is 8.07. The van der Waals surface area contributed by atoms with Gasteiger partial charge in [0.25, 0.3) is 0 Å². The maximum Gasteiger partial charge on any atom is 0.324 e. The number of hydrogen-bond donors (Lipinski definition) is 1. The summed E-state index contributed by atoms with van der Waals surface area (Å²) in [6, 6.07) is 0.532. The quantitative estimate of drug-likeness (QED) is 0.584. The minimum Gasteiger partial charge on any atom is -0.465 e. The number of hydrogen-bond acceptors (Lipinski definition) is 4. The van der Waals surface area contributed by atoms with Gasteiger partial charge in [-0.1, -0.05) is 20.3 Å². The molecule has 0 aromatic carbocycles. The van der Waals surface area contributed by atoms with Crippen LogP contribution in [0.25, 0.3) is 0 Å². The third-order valence-corrected chi connectivity index (χ3v) is 3.49. The molecule has 0 bridgehead atoms. The number of carbonyl (C=O) groups excluding carboxylic acids is 1. The highest BCUT2D eigenvalue weighted by atomic mass is 16.5. The highest BCUT2D eigenvalue weighted by molar-refractivity contribution is 5.76. The van der Waals surface area contributed by atoms with Crippen LogP contribution in [0.15, 0.2) is 0 Å². The number of carbonyl (C=O) groups is 1. The zero-order valence-corrected chi connectivity index (χ0v) is 12.8. The van der Waals surface area contributed by atoms with Gasteiger partial charge in [0.05, 0.1) is 6.61 Å². The van der Waals surface area contributed by atoms with Crippen LogP contribution in [0.3, 0.4) is 0 Å². The Morgan fingerprint density at radius 3 is 2.58 bits per heavy atom. The third-order valence-electron chi connectivity index (χ3n) is 3.49. The molecule has 1 rings (SSSR count). The summed E-state index contributed by atoms with van der Waals surface area (Å²) in [4.78, 5) is 14.5.